The summed E-state index contributed by atoms with van der Waals surface area (Å²) in [6.45, 7) is 2.09. The molecule has 0 saturated carbocycles. The average molecular weight is 302 g/mol. The number of ether oxygens (including phenoxy) is 1. The van der Waals surface area contributed by atoms with E-state index in [1.165, 1.54) is 11.8 Å². The number of rotatable bonds is 6. The van der Waals surface area contributed by atoms with Crippen molar-refractivity contribution in [1.29, 1.82) is 0 Å². The summed E-state index contributed by atoms with van der Waals surface area (Å²) in [6.07, 6.45) is 3.43. The Morgan fingerprint density at radius 1 is 1.24 bits per heavy atom. The van der Waals surface area contributed by atoms with Gasteiger partial charge in [0.25, 0.3) is 0 Å². The molecular weight excluding hydrogens is 284 g/mol. The lowest BCUT2D eigenvalue weighted by molar-refractivity contribution is -0.149. The minimum Gasteiger partial charge on any atom is -0.464 e. The molecule has 4 nitrogen and oxygen atoms in total. The molecule has 2 aromatic rings. The highest BCUT2D eigenvalue weighted by atomic mass is 32.2. The topological polar surface area (TPSA) is 65.2 Å². The molecule has 1 aromatic carbocycles. The Morgan fingerprint density at radius 3 is 2.52 bits per heavy atom. The molecule has 0 fully saturated rings. The van der Waals surface area contributed by atoms with Crippen LogP contribution in [-0.2, 0) is 15.1 Å². The number of aromatic nitrogens is 1. The van der Waals surface area contributed by atoms with E-state index in [0.29, 0.717) is 12.4 Å². The smallest absolute Gasteiger partial charge is 0.331 e. The van der Waals surface area contributed by atoms with Crippen LogP contribution >= 0.6 is 11.8 Å². The standard InChI is InChI=1S/C16H18N2O2S/c1-2-20-15(19)16(17,13-6-4-3-5-7-13)12-21-14-8-10-18-11-9-14/h3-11H,2,12,17H2,1H3. The average Bonchev–Trinajstić information content (AvgIpc) is 2.54. The van der Waals surface area contributed by atoms with Gasteiger partial charge in [0.2, 0.25) is 0 Å². The van der Waals surface area contributed by atoms with E-state index in [4.69, 9.17) is 10.5 Å². The van der Waals surface area contributed by atoms with E-state index >= 15 is 0 Å². The number of carbonyl (C=O) groups is 1. The van der Waals surface area contributed by atoms with E-state index in [1.807, 2.05) is 42.5 Å². The SMILES string of the molecule is CCOC(=O)C(N)(CSc1ccncc1)c1ccccc1. The van der Waals surface area contributed by atoms with Crippen LogP contribution < -0.4 is 5.73 Å². The number of carbonyl (C=O) groups excluding carboxylic acids is 1. The maximum absolute atomic E-state index is 12.3. The third-order valence-electron chi connectivity index (χ3n) is 3.04. The molecule has 5 heteroatoms. The fraction of sp³-hybridized carbons (Fsp3) is 0.250. The molecule has 1 aromatic heterocycles. The molecule has 0 aliphatic carbocycles. The van der Waals surface area contributed by atoms with E-state index < -0.39 is 11.5 Å². The van der Waals surface area contributed by atoms with Crippen LogP contribution in [-0.4, -0.2) is 23.3 Å². The lowest BCUT2D eigenvalue weighted by atomic mass is 9.93. The van der Waals surface area contributed by atoms with Crippen molar-refractivity contribution < 1.29 is 9.53 Å². The number of hydrogen-bond donors (Lipinski definition) is 1. The summed E-state index contributed by atoms with van der Waals surface area (Å²) >= 11 is 1.51. The first-order chi connectivity index (χ1) is 10.2. The van der Waals surface area contributed by atoms with Crippen LogP contribution in [0.2, 0.25) is 0 Å². The van der Waals surface area contributed by atoms with Gasteiger partial charge in [0.15, 0.2) is 0 Å². The Labute approximate surface area is 128 Å². The fourth-order valence-electron chi connectivity index (χ4n) is 1.89. The zero-order valence-electron chi connectivity index (χ0n) is 11.9. The van der Waals surface area contributed by atoms with Crippen LogP contribution in [0.1, 0.15) is 12.5 Å². The predicted octanol–water partition coefficient (Wildman–Crippen LogP) is 2.59. The first-order valence-corrected chi connectivity index (χ1v) is 7.70. The third-order valence-corrected chi connectivity index (χ3v) is 4.25. The zero-order chi connectivity index (χ0) is 15.1. The van der Waals surface area contributed by atoms with Gasteiger partial charge in [-0.15, -0.1) is 11.8 Å². The second-order valence-electron chi connectivity index (χ2n) is 4.53. The largest absolute Gasteiger partial charge is 0.464 e. The third kappa shape index (κ3) is 3.83. The minimum atomic E-state index is -1.16. The molecule has 0 bridgehead atoms. The van der Waals surface area contributed by atoms with Gasteiger partial charge in [0.1, 0.15) is 5.54 Å². The molecule has 1 unspecified atom stereocenters. The van der Waals surface area contributed by atoms with Crippen LogP contribution in [0.15, 0.2) is 59.8 Å². The molecular formula is C16H18N2O2S. The van der Waals surface area contributed by atoms with Crippen LogP contribution in [0.5, 0.6) is 0 Å². The van der Waals surface area contributed by atoms with Gasteiger partial charge in [0, 0.05) is 23.0 Å². The summed E-state index contributed by atoms with van der Waals surface area (Å²) in [6, 6.07) is 13.1. The summed E-state index contributed by atoms with van der Waals surface area (Å²) in [4.78, 5) is 17.3. The Morgan fingerprint density at radius 2 is 1.90 bits per heavy atom. The Hall–Kier alpha value is -1.85. The first-order valence-electron chi connectivity index (χ1n) is 6.71. The monoisotopic (exact) mass is 302 g/mol. The second kappa shape index (κ2) is 7.24. The van der Waals surface area contributed by atoms with Gasteiger partial charge >= 0.3 is 5.97 Å². The highest BCUT2D eigenvalue weighted by Gasteiger charge is 2.37. The number of esters is 1. The zero-order valence-corrected chi connectivity index (χ0v) is 12.7. The van der Waals surface area contributed by atoms with Gasteiger partial charge in [-0.1, -0.05) is 30.3 Å². The van der Waals surface area contributed by atoms with Gasteiger partial charge in [-0.05, 0) is 24.6 Å². The van der Waals surface area contributed by atoms with E-state index in [1.54, 1.807) is 19.3 Å². The van der Waals surface area contributed by atoms with Crippen LogP contribution in [0.25, 0.3) is 0 Å². The van der Waals surface area contributed by atoms with Gasteiger partial charge in [0.05, 0.1) is 6.61 Å². The van der Waals surface area contributed by atoms with Crippen molar-refractivity contribution in [3.8, 4) is 0 Å². The van der Waals surface area contributed by atoms with Crippen molar-refractivity contribution in [3.05, 3.63) is 60.4 Å². The molecule has 0 spiro atoms. The van der Waals surface area contributed by atoms with Crippen molar-refractivity contribution in [3.63, 3.8) is 0 Å². The molecule has 0 aliphatic rings. The number of pyridine rings is 1. The summed E-state index contributed by atoms with van der Waals surface area (Å²) in [5.41, 5.74) is 5.98. The number of hydrogen-bond acceptors (Lipinski definition) is 5. The summed E-state index contributed by atoms with van der Waals surface area (Å²) in [5.74, 6) is -0.00222. The van der Waals surface area contributed by atoms with Gasteiger partial charge < -0.3 is 10.5 Å². The van der Waals surface area contributed by atoms with Crippen LogP contribution in [0, 0.1) is 0 Å². The predicted molar refractivity (Wildman–Crippen MR) is 83.9 cm³/mol. The molecule has 0 saturated heterocycles. The summed E-state index contributed by atoms with van der Waals surface area (Å²) in [7, 11) is 0. The molecule has 2 rings (SSSR count). The minimum absolute atomic E-state index is 0.310. The Bertz CT molecular complexity index is 577. The van der Waals surface area contributed by atoms with Crippen molar-refractivity contribution in [2.24, 2.45) is 5.73 Å². The van der Waals surface area contributed by atoms with Gasteiger partial charge in [-0.25, -0.2) is 4.79 Å². The van der Waals surface area contributed by atoms with Crippen LogP contribution in [0.3, 0.4) is 0 Å². The van der Waals surface area contributed by atoms with Gasteiger partial charge in [-0.2, -0.15) is 0 Å². The number of benzene rings is 1. The van der Waals surface area contributed by atoms with E-state index in [-0.39, 0.29) is 0 Å². The quantitative estimate of drug-likeness (QED) is 0.656. The lowest BCUT2D eigenvalue weighted by Gasteiger charge is -2.27. The van der Waals surface area contributed by atoms with E-state index in [2.05, 4.69) is 4.98 Å². The second-order valence-corrected chi connectivity index (χ2v) is 5.58. The van der Waals surface area contributed by atoms with Crippen LogP contribution in [0.4, 0.5) is 0 Å². The molecule has 21 heavy (non-hydrogen) atoms. The number of nitrogens with two attached hydrogens (primary N) is 1. The maximum atomic E-state index is 12.3. The lowest BCUT2D eigenvalue weighted by Crippen LogP contribution is -2.48. The molecule has 1 atom stereocenters. The van der Waals surface area contributed by atoms with E-state index in [9.17, 15) is 4.79 Å². The van der Waals surface area contributed by atoms with Crippen molar-refractivity contribution in [2.45, 2.75) is 17.4 Å². The number of nitrogens with zero attached hydrogens (tertiary/aromatic N) is 1. The molecule has 0 radical (unpaired) electrons. The van der Waals surface area contributed by atoms with Crippen molar-refractivity contribution >= 4 is 17.7 Å². The first kappa shape index (κ1) is 15.5. The summed E-state index contributed by atoms with van der Waals surface area (Å²) < 4.78 is 5.16. The summed E-state index contributed by atoms with van der Waals surface area (Å²) in [5, 5.41) is 0. The maximum Gasteiger partial charge on any atom is 0.331 e. The molecule has 0 amide bonds. The molecule has 0 aliphatic heterocycles. The normalized spacial score (nSPS) is 13.4. The molecule has 110 valence electrons. The Balaban J connectivity index is 2.22. The van der Waals surface area contributed by atoms with Gasteiger partial charge in [-0.3, -0.25) is 4.98 Å². The van der Waals surface area contributed by atoms with Crippen molar-refractivity contribution in [1.82, 2.24) is 4.98 Å². The Kier molecular flexibility index (Phi) is 5.36. The molecule has 2 N–H and O–H groups in total. The number of thioether (sulfide) groups is 1. The highest BCUT2D eigenvalue weighted by Crippen LogP contribution is 2.28. The highest BCUT2D eigenvalue weighted by molar-refractivity contribution is 7.99. The fourth-order valence-corrected chi connectivity index (χ4v) is 2.88. The van der Waals surface area contributed by atoms with E-state index in [0.717, 1.165) is 10.5 Å². The van der Waals surface area contributed by atoms with Crippen molar-refractivity contribution in [2.75, 3.05) is 12.4 Å². The molecule has 1 heterocycles.